The molecule has 80 valence electrons. The van der Waals surface area contributed by atoms with Gasteiger partial charge in [-0.2, -0.15) is 0 Å². The Morgan fingerprint density at radius 3 is 2.60 bits per heavy atom. The summed E-state index contributed by atoms with van der Waals surface area (Å²) in [5.74, 6) is -1.37. The summed E-state index contributed by atoms with van der Waals surface area (Å²) in [6.45, 7) is 2.78. The molecule has 0 aliphatic heterocycles. The van der Waals surface area contributed by atoms with Crippen LogP contribution in [0.4, 0.5) is 5.69 Å². The predicted molar refractivity (Wildman–Crippen MR) is 54.5 cm³/mol. The topological polar surface area (TPSA) is 70.5 Å². The molecule has 0 bridgehead atoms. The quantitative estimate of drug-likeness (QED) is 0.801. The molecule has 0 aromatic carbocycles. The van der Waals surface area contributed by atoms with E-state index in [-0.39, 0.29) is 5.91 Å². The van der Waals surface area contributed by atoms with E-state index in [1.807, 2.05) is 0 Å². The van der Waals surface area contributed by atoms with Crippen molar-refractivity contribution in [2.24, 2.45) is 0 Å². The van der Waals surface area contributed by atoms with E-state index in [0.29, 0.717) is 5.69 Å². The van der Waals surface area contributed by atoms with Crippen LogP contribution in [-0.4, -0.2) is 28.0 Å². The van der Waals surface area contributed by atoms with Crippen molar-refractivity contribution in [1.29, 1.82) is 0 Å². The van der Waals surface area contributed by atoms with Crippen molar-refractivity contribution in [3.8, 4) is 0 Å². The summed E-state index contributed by atoms with van der Waals surface area (Å²) in [6.07, 6.45) is 3.02. The number of rotatable bonds is 3. The molecule has 0 radical (unpaired) electrons. The van der Waals surface area contributed by atoms with E-state index in [9.17, 15) is 9.59 Å². The first-order valence-corrected chi connectivity index (χ1v) is 4.46. The molecule has 0 aliphatic carbocycles. The van der Waals surface area contributed by atoms with Crippen molar-refractivity contribution in [2.75, 3.05) is 4.90 Å². The fourth-order valence-corrected chi connectivity index (χ4v) is 1.28. The molecule has 1 amide bonds. The Kier molecular flexibility index (Phi) is 3.38. The highest BCUT2D eigenvalue weighted by atomic mass is 16.4. The molecule has 0 unspecified atom stereocenters. The molecule has 0 spiro atoms. The Morgan fingerprint density at radius 2 is 2.20 bits per heavy atom. The third-order valence-electron chi connectivity index (χ3n) is 2.01. The van der Waals surface area contributed by atoms with Crippen molar-refractivity contribution >= 4 is 17.6 Å². The molecule has 5 heteroatoms. The van der Waals surface area contributed by atoms with Crippen molar-refractivity contribution in [3.05, 3.63) is 24.5 Å². The number of nitrogens with zero attached hydrogens (tertiary/aromatic N) is 2. The average molecular weight is 208 g/mol. The molecule has 15 heavy (non-hydrogen) atoms. The van der Waals surface area contributed by atoms with Crippen molar-refractivity contribution < 1.29 is 14.7 Å². The molecule has 1 N–H and O–H groups in total. The van der Waals surface area contributed by atoms with Crippen LogP contribution in [0.15, 0.2) is 24.5 Å². The summed E-state index contributed by atoms with van der Waals surface area (Å²) < 4.78 is 0. The van der Waals surface area contributed by atoms with Crippen molar-refractivity contribution in [1.82, 2.24) is 4.98 Å². The van der Waals surface area contributed by atoms with Crippen LogP contribution >= 0.6 is 0 Å². The standard InChI is InChI=1S/C10H12N2O3/c1-7(10(14)15)12(8(2)13)9-4-3-5-11-6-9/h3-7H,1-2H3,(H,14,15)/t7-/m0/s1. The zero-order valence-corrected chi connectivity index (χ0v) is 8.54. The minimum Gasteiger partial charge on any atom is -0.480 e. The zero-order valence-electron chi connectivity index (χ0n) is 8.54. The average Bonchev–Trinajstić information content (AvgIpc) is 2.18. The second kappa shape index (κ2) is 4.54. The number of pyridine rings is 1. The van der Waals surface area contributed by atoms with Crippen LogP contribution in [0, 0.1) is 0 Å². The van der Waals surface area contributed by atoms with E-state index < -0.39 is 12.0 Å². The molecule has 0 saturated carbocycles. The van der Waals surface area contributed by atoms with Gasteiger partial charge in [-0.25, -0.2) is 4.79 Å². The maximum atomic E-state index is 11.3. The summed E-state index contributed by atoms with van der Waals surface area (Å²) in [6, 6.07) is 2.40. The summed E-state index contributed by atoms with van der Waals surface area (Å²) in [7, 11) is 0. The Morgan fingerprint density at radius 1 is 1.53 bits per heavy atom. The van der Waals surface area contributed by atoms with Gasteiger partial charge in [0.25, 0.3) is 0 Å². The number of hydrogen-bond acceptors (Lipinski definition) is 3. The molecule has 1 atom stereocenters. The monoisotopic (exact) mass is 208 g/mol. The molecule has 0 saturated heterocycles. The highest BCUT2D eigenvalue weighted by Crippen LogP contribution is 2.15. The van der Waals surface area contributed by atoms with Crippen LogP contribution in [0.25, 0.3) is 0 Å². The number of carboxylic acid groups (broad SMARTS) is 1. The van der Waals surface area contributed by atoms with Gasteiger partial charge >= 0.3 is 5.97 Å². The first kappa shape index (κ1) is 11.2. The third kappa shape index (κ3) is 2.52. The number of amides is 1. The Bertz CT molecular complexity index is 364. The van der Waals surface area contributed by atoms with Gasteiger partial charge in [0.15, 0.2) is 0 Å². The summed E-state index contributed by atoms with van der Waals surface area (Å²) in [5.41, 5.74) is 0.486. The molecule has 1 aromatic rings. The molecule has 5 nitrogen and oxygen atoms in total. The maximum Gasteiger partial charge on any atom is 0.326 e. The lowest BCUT2D eigenvalue weighted by atomic mass is 10.2. The summed E-state index contributed by atoms with van der Waals surface area (Å²) in [5, 5.41) is 8.85. The van der Waals surface area contributed by atoms with Crippen molar-refractivity contribution in [3.63, 3.8) is 0 Å². The molecule has 0 fully saturated rings. The van der Waals surface area contributed by atoms with Crippen LogP contribution in [0.5, 0.6) is 0 Å². The van der Waals surface area contributed by atoms with Gasteiger partial charge in [-0.05, 0) is 19.1 Å². The molecular weight excluding hydrogens is 196 g/mol. The molecule has 1 rings (SSSR count). The van der Waals surface area contributed by atoms with E-state index >= 15 is 0 Å². The summed E-state index contributed by atoms with van der Waals surface area (Å²) in [4.78, 5) is 27.2. The van der Waals surface area contributed by atoms with E-state index in [2.05, 4.69) is 4.98 Å². The number of aliphatic carboxylic acids is 1. The number of hydrogen-bond donors (Lipinski definition) is 1. The van der Waals surface area contributed by atoms with Gasteiger partial charge in [0.2, 0.25) is 5.91 Å². The van der Waals surface area contributed by atoms with Gasteiger partial charge in [-0.1, -0.05) is 0 Å². The molecule has 1 heterocycles. The van der Waals surface area contributed by atoms with Gasteiger partial charge in [-0.3, -0.25) is 14.7 Å². The SMILES string of the molecule is CC(=O)N(c1cccnc1)[C@@H](C)C(=O)O. The Balaban J connectivity index is 3.04. The van der Waals surface area contributed by atoms with E-state index in [1.54, 1.807) is 18.3 Å². The van der Waals surface area contributed by atoms with Crippen LogP contribution in [0.3, 0.4) is 0 Å². The molecular formula is C10H12N2O3. The lowest BCUT2D eigenvalue weighted by molar-refractivity contribution is -0.139. The smallest absolute Gasteiger partial charge is 0.326 e. The Hall–Kier alpha value is -1.91. The maximum absolute atomic E-state index is 11.3. The van der Waals surface area contributed by atoms with E-state index in [0.717, 1.165) is 0 Å². The van der Waals surface area contributed by atoms with Crippen LogP contribution in [-0.2, 0) is 9.59 Å². The van der Waals surface area contributed by atoms with Crippen LogP contribution in [0.1, 0.15) is 13.8 Å². The van der Waals surface area contributed by atoms with Crippen molar-refractivity contribution in [2.45, 2.75) is 19.9 Å². The molecule has 1 aromatic heterocycles. The van der Waals surface area contributed by atoms with Gasteiger partial charge in [0, 0.05) is 13.1 Å². The van der Waals surface area contributed by atoms with Gasteiger partial charge in [0.1, 0.15) is 6.04 Å². The normalized spacial score (nSPS) is 11.9. The van der Waals surface area contributed by atoms with Gasteiger partial charge in [0.05, 0.1) is 11.9 Å². The summed E-state index contributed by atoms with van der Waals surface area (Å²) >= 11 is 0. The first-order valence-electron chi connectivity index (χ1n) is 4.46. The number of anilines is 1. The largest absolute Gasteiger partial charge is 0.480 e. The van der Waals surface area contributed by atoms with Gasteiger partial charge in [-0.15, -0.1) is 0 Å². The van der Waals surface area contributed by atoms with Gasteiger partial charge < -0.3 is 5.11 Å². The highest BCUT2D eigenvalue weighted by Gasteiger charge is 2.24. The number of carboxylic acids is 1. The first-order chi connectivity index (χ1) is 7.04. The predicted octanol–water partition coefficient (Wildman–Crippen LogP) is 0.908. The third-order valence-corrected chi connectivity index (χ3v) is 2.01. The van der Waals surface area contributed by atoms with E-state index in [1.165, 1.54) is 24.9 Å². The lowest BCUT2D eigenvalue weighted by Gasteiger charge is -2.24. The van der Waals surface area contributed by atoms with Crippen LogP contribution in [0.2, 0.25) is 0 Å². The number of carbonyl (C=O) groups is 2. The number of aromatic nitrogens is 1. The minimum absolute atomic E-state index is 0.321. The highest BCUT2D eigenvalue weighted by molar-refractivity contribution is 5.97. The minimum atomic E-state index is -1.05. The lowest BCUT2D eigenvalue weighted by Crippen LogP contribution is -2.42. The fraction of sp³-hybridized carbons (Fsp3) is 0.300. The van der Waals surface area contributed by atoms with Crippen LogP contribution < -0.4 is 4.90 Å². The second-order valence-electron chi connectivity index (χ2n) is 3.11. The molecule has 0 aliphatic rings. The second-order valence-corrected chi connectivity index (χ2v) is 3.11. The zero-order chi connectivity index (χ0) is 11.4. The fourth-order valence-electron chi connectivity index (χ4n) is 1.28. The number of carbonyl (C=O) groups excluding carboxylic acids is 1. The van der Waals surface area contributed by atoms with E-state index in [4.69, 9.17) is 5.11 Å². The Labute approximate surface area is 87.4 Å².